The second kappa shape index (κ2) is 10.9. The summed E-state index contributed by atoms with van der Waals surface area (Å²) >= 11 is 0. The third kappa shape index (κ3) is 5.25. The molecule has 0 aliphatic carbocycles. The fourth-order valence-corrected chi connectivity index (χ4v) is 6.30. The van der Waals surface area contributed by atoms with Gasteiger partial charge < -0.3 is 10.1 Å². The van der Waals surface area contributed by atoms with E-state index in [1.165, 1.54) is 22.8 Å². The summed E-state index contributed by atoms with van der Waals surface area (Å²) in [5.41, 5.74) is 5.01. The lowest BCUT2D eigenvalue weighted by Crippen LogP contribution is -2.34. The number of benzene rings is 2. The summed E-state index contributed by atoms with van der Waals surface area (Å²) < 4.78 is 29.8. The van der Waals surface area contributed by atoms with E-state index >= 15 is 0 Å². The number of sulfonamides is 1. The van der Waals surface area contributed by atoms with Crippen LogP contribution in [0, 0.1) is 13.8 Å². The molecule has 2 heterocycles. The molecule has 4 rings (SSSR count). The molecule has 0 radical (unpaired) electrons. The molecule has 2 aromatic heterocycles. The molecule has 0 bridgehead atoms. The molecule has 0 aliphatic heterocycles. The van der Waals surface area contributed by atoms with Crippen LogP contribution in [0.1, 0.15) is 53.5 Å². The van der Waals surface area contributed by atoms with E-state index in [0.29, 0.717) is 11.9 Å². The lowest BCUT2D eigenvalue weighted by molar-refractivity contribution is -0.137. The van der Waals surface area contributed by atoms with Crippen LogP contribution in [0.5, 0.6) is 0 Å². The number of pyridine rings is 1. The molecule has 2 N–H and O–H groups in total. The van der Waals surface area contributed by atoms with Crippen molar-refractivity contribution < 1.29 is 18.3 Å². The van der Waals surface area contributed by atoms with Crippen molar-refractivity contribution >= 4 is 27.0 Å². The lowest BCUT2D eigenvalue weighted by atomic mass is 9.84. The Morgan fingerprint density at radius 3 is 2.63 bits per heavy atom. The highest BCUT2D eigenvalue weighted by Crippen LogP contribution is 2.34. The molecule has 10 nitrogen and oxygen atoms in total. The van der Waals surface area contributed by atoms with Crippen molar-refractivity contribution in [1.29, 1.82) is 0 Å². The maximum absolute atomic E-state index is 13.4. The predicted molar refractivity (Wildman–Crippen MR) is 143 cm³/mol. The number of fused-ring (bicyclic) bond motifs is 1. The number of carboxylic acid groups (broad SMARTS) is 1. The van der Waals surface area contributed by atoms with Gasteiger partial charge in [0.2, 0.25) is 15.5 Å². The first-order valence-corrected chi connectivity index (χ1v) is 13.8. The van der Waals surface area contributed by atoms with E-state index < -0.39 is 27.3 Å². The van der Waals surface area contributed by atoms with E-state index in [2.05, 4.69) is 15.3 Å². The minimum absolute atomic E-state index is 0.0478. The Morgan fingerprint density at radius 2 is 1.95 bits per heavy atom. The quantitative estimate of drug-likeness (QED) is 0.316. The van der Waals surface area contributed by atoms with Gasteiger partial charge in [-0.25, -0.2) is 13.1 Å². The SMILES string of the molecule is CCCN(Cc1cc(C(CC(=O)O)c2ccc3c(nnn3C)c2C)ccc1C)S(=O)(=O)c1c[nH]ccc1=O. The minimum atomic E-state index is -4.06. The topological polar surface area (TPSA) is 138 Å². The Labute approximate surface area is 221 Å². The highest BCUT2D eigenvalue weighted by molar-refractivity contribution is 7.89. The first kappa shape index (κ1) is 27.2. The molecule has 0 saturated carbocycles. The van der Waals surface area contributed by atoms with Crippen LogP contribution in [0.15, 0.2) is 58.5 Å². The molecule has 38 heavy (non-hydrogen) atoms. The number of carboxylic acids is 1. The summed E-state index contributed by atoms with van der Waals surface area (Å²) in [6.07, 6.45) is 3.01. The third-order valence-corrected chi connectivity index (χ3v) is 8.70. The molecular formula is C27H31N5O5S. The zero-order valence-electron chi connectivity index (χ0n) is 21.8. The van der Waals surface area contributed by atoms with Gasteiger partial charge in [0.1, 0.15) is 10.4 Å². The molecule has 0 saturated heterocycles. The second-order valence-electron chi connectivity index (χ2n) is 9.41. The lowest BCUT2D eigenvalue weighted by Gasteiger charge is -2.24. The summed E-state index contributed by atoms with van der Waals surface area (Å²) in [6.45, 7) is 5.93. The van der Waals surface area contributed by atoms with Gasteiger partial charge in [-0.1, -0.05) is 36.4 Å². The van der Waals surface area contributed by atoms with E-state index in [9.17, 15) is 23.1 Å². The number of aromatic amines is 1. The molecular weight excluding hydrogens is 506 g/mol. The predicted octanol–water partition coefficient (Wildman–Crippen LogP) is 3.48. The van der Waals surface area contributed by atoms with Crippen LogP contribution in [0.4, 0.5) is 0 Å². The summed E-state index contributed by atoms with van der Waals surface area (Å²) in [7, 11) is -2.26. The van der Waals surface area contributed by atoms with Crippen LogP contribution >= 0.6 is 0 Å². The van der Waals surface area contributed by atoms with E-state index in [4.69, 9.17) is 0 Å². The van der Waals surface area contributed by atoms with Gasteiger partial charge in [-0.3, -0.25) is 9.59 Å². The standard InChI is InChI=1S/C27H31N5O5S/c1-5-12-32(38(36,37)25-15-28-11-10-24(25)33)16-20-13-19(7-6-17(20)2)22(14-26(34)35)21-8-9-23-27(18(21)3)29-30-31(23)4/h6-11,13,15,22H,5,12,14,16H2,1-4H3,(H,28,33)(H,34,35). The normalized spacial score (nSPS) is 12.8. The average molecular weight is 538 g/mol. The Hall–Kier alpha value is -3.83. The van der Waals surface area contributed by atoms with Crippen molar-refractivity contribution in [3.05, 3.63) is 86.8 Å². The van der Waals surface area contributed by atoms with Gasteiger partial charge in [-0.15, -0.1) is 5.10 Å². The third-order valence-electron chi connectivity index (χ3n) is 6.83. The van der Waals surface area contributed by atoms with Gasteiger partial charge in [0, 0.05) is 44.5 Å². The van der Waals surface area contributed by atoms with Crippen molar-refractivity contribution in [3.8, 4) is 0 Å². The number of nitrogens with zero attached hydrogens (tertiary/aromatic N) is 4. The van der Waals surface area contributed by atoms with E-state index in [-0.39, 0.29) is 24.4 Å². The molecule has 1 atom stereocenters. The number of aromatic nitrogens is 4. The zero-order valence-corrected chi connectivity index (χ0v) is 22.6. The molecule has 0 spiro atoms. The molecule has 200 valence electrons. The second-order valence-corrected chi connectivity index (χ2v) is 11.3. The van der Waals surface area contributed by atoms with E-state index in [1.807, 2.05) is 51.1 Å². The van der Waals surface area contributed by atoms with Crippen molar-refractivity contribution in [2.45, 2.75) is 51.0 Å². The van der Waals surface area contributed by atoms with Crippen LogP contribution in [0.25, 0.3) is 11.0 Å². The first-order valence-electron chi connectivity index (χ1n) is 12.3. The number of hydrogen-bond acceptors (Lipinski definition) is 6. The van der Waals surface area contributed by atoms with Crippen LogP contribution in [-0.4, -0.2) is 50.3 Å². The van der Waals surface area contributed by atoms with Crippen molar-refractivity contribution in [3.63, 3.8) is 0 Å². The number of aryl methyl sites for hydroxylation is 3. The number of rotatable bonds is 10. The monoisotopic (exact) mass is 537 g/mol. The van der Waals surface area contributed by atoms with Crippen molar-refractivity contribution in [2.75, 3.05) is 6.54 Å². The maximum Gasteiger partial charge on any atom is 0.304 e. The fourth-order valence-electron chi connectivity index (χ4n) is 4.75. The van der Waals surface area contributed by atoms with Gasteiger partial charge in [0.25, 0.3) is 0 Å². The Kier molecular flexibility index (Phi) is 7.79. The number of H-pyrrole nitrogens is 1. The molecule has 2 aromatic carbocycles. The van der Waals surface area contributed by atoms with Crippen LogP contribution in [0.3, 0.4) is 0 Å². The smallest absolute Gasteiger partial charge is 0.304 e. The van der Waals surface area contributed by atoms with E-state index in [1.54, 1.807) is 11.7 Å². The van der Waals surface area contributed by atoms with Gasteiger partial charge in [0.05, 0.1) is 11.9 Å². The molecule has 4 aromatic rings. The number of hydrogen-bond donors (Lipinski definition) is 2. The van der Waals surface area contributed by atoms with Crippen LogP contribution in [-0.2, 0) is 28.4 Å². The van der Waals surface area contributed by atoms with Gasteiger partial charge >= 0.3 is 5.97 Å². The molecule has 1 unspecified atom stereocenters. The van der Waals surface area contributed by atoms with Crippen LogP contribution < -0.4 is 5.43 Å². The molecule has 0 aliphatic rings. The van der Waals surface area contributed by atoms with Crippen molar-refractivity contribution in [2.24, 2.45) is 7.05 Å². The van der Waals surface area contributed by atoms with Crippen molar-refractivity contribution in [1.82, 2.24) is 24.3 Å². The largest absolute Gasteiger partial charge is 0.481 e. The summed E-state index contributed by atoms with van der Waals surface area (Å²) in [6, 6.07) is 10.6. The van der Waals surface area contributed by atoms with Gasteiger partial charge in [0.15, 0.2) is 0 Å². The molecule has 11 heteroatoms. The Morgan fingerprint density at radius 1 is 1.18 bits per heavy atom. The minimum Gasteiger partial charge on any atom is -0.481 e. The van der Waals surface area contributed by atoms with E-state index in [0.717, 1.165) is 33.3 Å². The van der Waals surface area contributed by atoms with Gasteiger partial charge in [-0.05, 0) is 54.2 Å². The van der Waals surface area contributed by atoms with Gasteiger partial charge in [-0.2, -0.15) is 4.31 Å². The first-order chi connectivity index (χ1) is 18.0. The zero-order chi connectivity index (χ0) is 27.6. The Bertz CT molecular complexity index is 1660. The maximum atomic E-state index is 13.4. The summed E-state index contributed by atoms with van der Waals surface area (Å²) in [5, 5.41) is 18.1. The number of aliphatic carboxylic acids is 1. The summed E-state index contributed by atoms with van der Waals surface area (Å²) in [5.74, 6) is -1.43. The molecule has 0 amide bonds. The fraction of sp³-hybridized carbons (Fsp3) is 0.333. The molecule has 0 fully saturated rings. The highest BCUT2D eigenvalue weighted by Gasteiger charge is 2.28. The summed E-state index contributed by atoms with van der Waals surface area (Å²) in [4.78, 5) is 26.6. The number of nitrogens with one attached hydrogen (secondary N) is 1. The van der Waals surface area contributed by atoms with Crippen LogP contribution in [0.2, 0.25) is 0 Å². The highest BCUT2D eigenvalue weighted by atomic mass is 32.2. The number of carbonyl (C=O) groups is 1. The average Bonchev–Trinajstić information content (AvgIpc) is 3.25. The Balaban J connectivity index is 1.78.